The molecular formula is C29H37F2N3O6S. The van der Waals surface area contributed by atoms with Gasteiger partial charge in [0.05, 0.1) is 23.3 Å². The fraction of sp³-hybridized carbons (Fsp3) is 0.483. The van der Waals surface area contributed by atoms with Gasteiger partial charge in [0.1, 0.15) is 0 Å². The number of rotatable bonds is 9. The molecule has 2 aromatic carbocycles. The third-order valence-electron chi connectivity index (χ3n) is 7.94. The number of carbonyl (C=O) groups is 1. The van der Waals surface area contributed by atoms with Crippen molar-refractivity contribution < 1.29 is 39.4 Å². The van der Waals surface area contributed by atoms with Gasteiger partial charge in [-0.25, -0.2) is 13.1 Å². The van der Waals surface area contributed by atoms with Crippen LogP contribution in [0.25, 0.3) is 10.9 Å². The van der Waals surface area contributed by atoms with Crippen molar-refractivity contribution in [2.24, 2.45) is 0 Å². The summed E-state index contributed by atoms with van der Waals surface area (Å²) < 4.78 is 64.9. The van der Waals surface area contributed by atoms with Gasteiger partial charge in [-0.15, -0.1) is 8.78 Å². The van der Waals surface area contributed by atoms with Crippen molar-refractivity contribution in [3.8, 4) is 11.5 Å². The molecule has 0 spiro atoms. The van der Waals surface area contributed by atoms with Crippen LogP contribution in [-0.2, 0) is 32.2 Å². The van der Waals surface area contributed by atoms with Gasteiger partial charge in [0.15, 0.2) is 11.5 Å². The summed E-state index contributed by atoms with van der Waals surface area (Å²) in [6, 6.07) is 12.0. The number of nitrogens with zero attached hydrogens (tertiary/aromatic N) is 1. The molecule has 0 radical (unpaired) electrons. The molecular weight excluding hydrogens is 556 g/mol. The summed E-state index contributed by atoms with van der Waals surface area (Å²) >= 11 is 0. The number of hydrogen-bond acceptors (Lipinski definition) is 6. The predicted molar refractivity (Wildman–Crippen MR) is 153 cm³/mol. The summed E-state index contributed by atoms with van der Waals surface area (Å²) in [5.41, 5.74) is 1.85. The highest BCUT2D eigenvalue weighted by Crippen LogP contribution is 2.52. The lowest BCUT2D eigenvalue weighted by Gasteiger charge is -2.24. The Balaban J connectivity index is 0.00000212. The zero-order valence-electron chi connectivity index (χ0n) is 23.0. The minimum absolute atomic E-state index is 0. The number of aliphatic hydroxyl groups is 1. The van der Waals surface area contributed by atoms with Crippen molar-refractivity contribution in [3.05, 3.63) is 53.7 Å². The Kier molecular flexibility index (Phi) is 6.40. The zero-order valence-corrected chi connectivity index (χ0v) is 23.9. The number of ether oxygens (including phenoxy) is 2. The molecule has 3 aromatic rings. The van der Waals surface area contributed by atoms with Crippen LogP contribution in [0, 0.1) is 0 Å². The molecule has 6 rings (SSSR count). The van der Waals surface area contributed by atoms with Crippen LogP contribution in [0.5, 0.6) is 11.5 Å². The highest BCUT2D eigenvalue weighted by atomic mass is 32.2. The molecule has 2 heterocycles. The highest BCUT2D eigenvalue weighted by molar-refractivity contribution is 7.90. The lowest BCUT2D eigenvalue weighted by atomic mass is 9.92. The van der Waals surface area contributed by atoms with Crippen LogP contribution in [0.4, 0.5) is 14.5 Å². The van der Waals surface area contributed by atoms with Crippen LogP contribution in [0.15, 0.2) is 42.5 Å². The summed E-state index contributed by atoms with van der Waals surface area (Å²) in [6.07, 6.45) is -2.21. The van der Waals surface area contributed by atoms with Gasteiger partial charge in [-0.2, -0.15) is 0 Å². The van der Waals surface area contributed by atoms with Gasteiger partial charge in [0.25, 0.3) is 0 Å². The van der Waals surface area contributed by atoms with Crippen molar-refractivity contribution in [2.75, 3.05) is 11.9 Å². The first-order valence-electron chi connectivity index (χ1n) is 13.7. The fourth-order valence-electron chi connectivity index (χ4n) is 5.42. The van der Waals surface area contributed by atoms with Gasteiger partial charge in [-0.1, -0.05) is 26.8 Å². The normalized spacial score (nSPS) is 19.8. The molecule has 9 nitrogen and oxygen atoms in total. The van der Waals surface area contributed by atoms with Gasteiger partial charge < -0.3 is 24.5 Å². The number of aromatic nitrogens is 1. The molecule has 3 aliphatic rings. The van der Waals surface area contributed by atoms with Crippen molar-refractivity contribution in [3.63, 3.8) is 0 Å². The number of hydrogen-bond donors (Lipinski definition) is 3. The Morgan fingerprint density at radius 2 is 1.83 bits per heavy atom. The van der Waals surface area contributed by atoms with Crippen LogP contribution >= 0.6 is 0 Å². The highest BCUT2D eigenvalue weighted by Gasteiger charge is 2.53. The van der Waals surface area contributed by atoms with Crippen LogP contribution in [0.1, 0.15) is 60.6 Å². The smallest absolute Gasteiger partial charge is 0.395 e. The van der Waals surface area contributed by atoms with Gasteiger partial charge in [0, 0.05) is 37.1 Å². The molecule has 1 amide bonds. The van der Waals surface area contributed by atoms with E-state index in [1.165, 1.54) is 12.1 Å². The molecule has 0 bridgehead atoms. The molecule has 0 saturated heterocycles. The first-order chi connectivity index (χ1) is 19.2. The van der Waals surface area contributed by atoms with Gasteiger partial charge in [-0.3, -0.25) is 4.79 Å². The topological polar surface area (TPSA) is 119 Å². The van der Waals surface area contributed by atoms with E-state index in [4.69, 9.17) is 0 Å². The van der Waals surface area contributed by atoms with Crippen molar-refractivity contribution in [1.82, 2.24) is 9.29 Å². The Bertz CT molecular complexity index is 1650. The number of amides is 1. The van der Waals surface area contributed by atoms with E-state index in [0.29, 0.717) is 36.9 Å². The minimum Gasteiger partial charge on any atom is -0.395 e. The lowest BCUT2D eigenvalue weighted by molar-refractivity contribution is -0.286. The third-order valence-corrected chi connectivity index (χ3v) is 9.86. The largest absolute Gasteiger partial charge is 0.586 e. The number of aliphatic hydroxyl groups excluding tert-OH is 1. The number of anilines is 1. The van der Waals surface area contributed by atoms with Gasteiger partial charge in [-0.05, 0) is 67.6 Å². The maximum Gasteiger partial charge on any atom is 0.586 e. The lowest BCUT2D eigenvalue weighted by Crippen LogP contribution is -2.36. The van der Waals surface area contributed by atoms with Crippen molar-refractivity contribution >= 4 is 32.5 Å². The maximum absolute atomic E-state index is 13.5. The number of sulfonamides is 1. The number of nitrogens with one attached hydrogen (secondary N) is 2. The SMILES string of the molecule is CC(C)(C)c1cc2cc(NC(=O)C3(c4ccc5c(c4)OC(F)(F)O5)CC3)ccc2n1C[C@@H](O)CNS(=O)(=O)C1CC1.[HH].[HH]. The predicted octanol–water partition coefficient (Wildman–Crippen LogP) is 4.87. The Labute approximate surface area is 239 Å². The standard InChI is InChI=1S/C29H33F2N3O6S.2H2/c1-27(2,3)25-13-17-12-19(5-8-22(17)34(25)16-20(35)15-32-41(37,38)21-6-7-21)33-26(36)28(10-11-28)18-4-9-23-24(14-18)40-29(30,31)39-23;;/h4-5,8-9,12-14,20-21,32,35H,6-7,10-11,15-16H2,1-3H3,(H,33,36);2*1H/t20-;;/m0../s1. The van der Waals surface area contributed by atoms with E-state index >= 15 is 0 Å². The molecule has 2 fully saturated rings. The number of benzene rings is 2. The Morgan fingerprint density at radius 1 is 1.12 bits per heavy atom. The molecule has 1 aliphatic heterocycles. The molecule has 1 aromatic heterocycles. The number of halogens is 2. The van der Waals surface area contributed by atoms with Crippen LogP contribution in [0.3, 0.4) is 0 Å². The zero-order chi connectivity index (χ0) is 29.4. The summed E-state index contributed by atoms with van der Waals surface area (Å²) in [5.74, 6) is -0.395. The number of carbonyl (C=O) groups excluding carboxylic acids is 1. The van der Waals surface area contributed by atoms with E-state index in [1.54, 1.807) is 12.1 Å². The van der Waals surface area contributed by atoms with E-state index in [0.717, 1.165) is 16.6 Å². The van der Waals surface area contributed by atoms with E-state index in [9.17, 15) is 27.1 Å². The van der Waals surface area contributed by atoms with Crippen LogP contribution in [0.2, 0.25) is 0 Å². The Morgan fingerprint density at radius 3 is 2.49 bits per heavy atom. The quantitative estimate of drug-likeness (QED) is 0.326. The fourth-order valence-corrected chi connectivity index (χ4v) is 6.84. The Hall–Kier alpha value is -3.22. The van der Waals surface area contributed by atoms with Gasteiger partial charge in [0.2, 0.25) is 15.9 Å². The average Bonchev–Trinajstić information content (AvgIpc) is 3.80. The van der Waals surface area contributed by atoms with Gasteiger partial charge >= 0.3 is 6.29 Å². The van der Waals surface area contributed by atoms with Crippen LogP contribution in [-0.4, -0.2) is 48.2 Å². The van der Waals surface area contributed by atoms with Crippen LogP contribution < -0.4 is 19.5 Å². The second-order valence-electron chi connectivity index (χ2n) is 12.3. The second-order valence-corrected chi connectivity index (χ2v) is 14.3. The molecule has 0 unspecified atom stereocenters. The maximum atomic E-state index is 13.5. The average molecular weight is 594 g/mol. The molecule has 224 valence electrons. The number of alkyl halides is 2. The first-order valence-corrected chi connectivity index (χ1v) is 15.2. The molecule has 12 heteroatoms. The first kappa shape index (κ1) is 27.9. The van der Waals surface area contributed by atoms with E-state index in [1.807, 2.05) is 22.8 Å². The van der Waals surface area contributed by atoms with Crippen molar-refractivity contribution in [1.29, 1.82) is 0 Å². The van der Waals surface area contributed by atoms with E-state index in [2.05, 4.69) is 40.3 Å². The molecule has 1 atom stereocenters. The molecule has 3 N–H and O–H groups in total. The van der Waals surface area contributed by atoms with E-state index in [-0.39, 0.29) is 44.0 Å². The summed E-state index contributed by atoms with van der Waals surface area (Å²) in [4.78, 5) is 13.4. The second kappa shape index (κ2) is 9.40. The molecule has 2 saturated carbocycles. The summed E-state index contributed by atoms with van der Waals surface area (Å²) in [5, 5.41) is 14.2. The molecule has 41 heavy (non-hydrogen) atoms. The monoisotopic (exact) mass is 593 g/mol. The third kappa shape index (κ3) is 5.40. The van der Waals surface area contributed by atoms with E-state index < -0.39 is 27.8 Å². The molecule has 2 aliphatic carbocycles. The summed E-state index contributed by atoms with van der Waals surface area (Å²) in [6.45, 7) is 6.29. The summed E-state index contributed by atoms with van der Waals surface area (Å²) in [7, 11) is -3.40. The number of fused-ring (bicyclic) bond motifs is 2. The van der Waals surface area contributed by atoms with Crippen molar-refractivity contribution in [2.45, 2.75) is 81.5 Å². The minimum atomic E-state index is -3.72.